The number of ether oxygens (including phenoxy) is 1. The molecule has 0 spiro atoms. The first-order valence-corrected chi connectivity index (χ1v) is 6.93. The summed E-state index contributed by atoms with van der Waals surface area (Å²) in [4.78, 5) is 0.156. The number of morpholine rings is 1. The summed E-state index contributed by atoms with van der Waals surface area (Å²) in [6, 6.07) is 6.40. The van der Waals surface area contributed by atoms with Crippen LogP contribution in [0, 0.1) is 6.92 Å². The van der Waals surface area contributed by atoms with Crippen molar-refractivity contribution in [1.29, 1.82) is 0 Å². The van der Waals surface area contributed by atoms with Gasteiger partial charge in [0.05, 0.1) is 18.1 Å². The Bertz CT molecular complexity index is 413. The Morgan fingerprint density at radius 1 is 1.18 bits per heavy atom. The van der Waals surface area contributed by atoms with Crippen LogP contribution in [0.2, 0.25) is 0 Å². The molecule has 0 bridgehead atoms. The second-order valence-electron chi connectivity index (χ2n) is 3.72. The highest BCUT2D eigenvalue weighted by molar-refractivity contribution is 7.89. The number of rotatable bonds is 1. The Hall–Kier alpha value is -0.950. The fourth-order valence-electron chi connectivity index (χ4n) is 1.24. The van der Waals surface area contributed by atoms with Crippen molar-refractivity contribution in [1.82, 2.24) is 5.32 Å². The zero-order valence-electron chi connectivity index (χ0n) is 9.85. The Balaban J connectivity index is 0.000000202. The van der Waals surface area contributed by atoms with Gasteiger partial charge in [0.2, 0.25) is 10.0 Å². The number of aryl methyl sites for hydroxylation is 1. The molecule has 1 aromatic rings. The second-order valence-corrected chi connectivity index (χ2v) is 5.28. The quantitative estimate of drug-likeness (QED) is 0.756. The normalized spacial score (nSPS) is 15.9. The summed E-state index contributed by atoms with van der Waals surface area (Å²) < 4.78 is 26.5. The van der Waals surface area contributed by atoms with Crippen LogP contribution in [-0.4, -0.2) is 34.7 Å². The third-order valence-electron chi connectivity index (χ3n) is 2.20. The van der Waals surface area contributed by atoms with Crippen LogP contribution in [0.15, 0.2) is 29.2 Å². The van der Waals surface area contributed by atoms with Crippen LogP contribution < -0.4 is 10.5 Å². The van der Waals surface area contributed by atoms with E-state index in [0.29, 0.717) is 0 Å². The topological polar surface area (TPSA) is 81.4 Å². The van der Waals surface area contributed by atoms with Crippen LogP contribution in [0.4, 0.5) is 0 Å². The maximum Gasteiger partial charge on any atom is 0.238 e. The van der Waals surface area contributed by atoms with Crippen LogP contribution in [0.1, 0.15) is 5.56 Å². The lowest BCUT2D eigenvalue weighted by molar-refractivity contribution is 0.109. The number of primary sulfonamides is 1. The van der Waals surface area contributed by atoms with Crippen LogP contribution in [0.3, 0.4) is 0 Å². The molecule has 0 saturated carbocycles. The number of benzene rings is 1. The maximum absolute atomic E-state index is 10.7. The second kappa shape index (κ2) is 6.70. The summed E-state index contributed by atoms with van der Waals surface area (Å²) >= 11 is 0. The molecule has 0 aromatic heterocycles. The molecule has 3 N–H and O–H groups in total. The van der Waals surface area contributed by atoms with Crippen molar-refractivity contribution in [3.05, 3.63) is 29.8 Å². The minimum atomic E-state index is -3.52. The molecule has 1 aromatic carbocycles. The first-order valence-electron chi connectivity index (χ1n) is 5.38. The zero-order valence-corrected chi connectivity index (χ0v) is 10.7. The Morgan fingerprint density at radius 2 is 1.71 bits per heavy atom. The lowest BCUT2D eigenvalue weighted by atomic mass is 10.2. The number of hydrogen-bond acceptors (Lipinski definition) is 4. The summed E-state index contributed by atoms with van der Waals surface area (Å²) in [5, 5.41) is 8.04. The van der Waals surface area contributed by atoms with Gasteiger partial charge in [-0.2, -0.15) is 0 Å². The largest absolute Gasteiger partial charge is 0.379 e. The standard InChI is InChI=1S/C7H9NO2S.C4H9NO/c1-6-2-4-7(5-3-6)11(8,9)10;1-3-6-4-2-5-1/h2-5H,1H3,(H2,8,9,10);5H,1-4H2. The van der Waals surface area contributed by atoms with Crippen molar-refractivity contribution in [3.8, 4) is 0 Å². The first kappa shape index (κ1) is 14.1. The summed E-state index contributed by atoms with van der Waals surface area (Å²) in [6.07, 6.45) is 0. The lowest BCUT2D eigenvalue weighted by Gasteiger charge is -2.10. The third-order valence-corrected chi connectivity index (χ3v) is 3.13. The summed E-state index contributed by atoms with van der Waals surface area (Å²) in [7, 11) is -3.52. The molecule has 1 heterocycles. The lowest BCUT2D eigenvalue weighted by Crippen LogP contribution is -2.30. The summed E-state index contributed by atoms with van der Waals surface area (Å²) in [5.41, 5.74) is 1.01. The average molecular weight is 258 g/mol. The SMILES string of the molecule is C1COCCN1.Cc1ccc(S(N)(=O)=O)cc1. The van der Waals surface area contributed by atoms with E-state index in [4.69, 9.17) is 9.88 Å². The van der Waals surface area contributed by atoms with E-state index < -0.39 is 10.0 Å². The fraction of sp³-hybridized carbons (Fsp3) is 0.455. The van der Waals surface area contributed by atoms with Gasteiger partial charge in [-0.3, -0.25) is 0 Å². The molecule has 1 aliphatic heterocycles. The van der Waals surface area contributed by atoms with E-state index in [1.807, 2.05) is 6.92 Å². The molecule has 0 radical (unpaired) electrons. The van der Waals surface area contributed by atoms with E-state index in [0.717, 1.165) is 31.9 Å². The third kappa shape index (κ3) is 5.78. The molecule has 0 atom stereocenters. The Kier molecular flexibility index (Phi) is 5.57. The minimum Gasteiger partial charge on any atom is -0.379 e. The smallest absolute Gasteiger partial charge is 0.238 e. The van der Waals surface area contributed by atoms with Gasteiger partial charge in [-0.15, -0.1) is 0 Å². The van der Waals surface area contributed by atoms with Crippen molar-refractivity contribution in [2.24, 2.45) is 5.14 Å². The molecule has 1 saturated heterocycles. The van der Waals surface area contributed by atoms with E-state index in [1.165, 1.54) is 12.1 Å². The van der Waals surface area contributed by atoms with Gasteiger partial charge in [0, 0.05) is 13.1 Å². The van der Waals surface area contributed by atoms with Crippen molar-refractivity contribution in [2.75, 3.05) is 26.3 Å². The highest BCUT2D eigenvalue weighted by Gasteiger charge is 2.04. The molecule has 96 valence electrons. The van der Waals surface area contributed by atoms with E-state index in [9.17, 15) is 8.42 Å². The van der Waals surface area contributed by atoms with E-state index in [2.05, 4.69) is 5.32 Å². The van der Waals surface area contributed by atoms with E-state index in [-0.39, 0.29) is 4.90 Å². The van der Waals surface area contributed by atoms with Gasteiger partial charge in [0.15, 0.2) is 0 Å². The predicted molar refractivity (Wildman–Crippen MR) is 66.2 cm³/mol. The van der Waals surface area contributed by atoms with Gasteiger partial charge in [0.25, 0.3) is 0 Å². The van der Waals surface area contributed by atoms with Gasteiger partial charge in [-0.25, -0.2) is 13.6 Å². The summed E-state index contributed by atoms with van der Waals surface area (Å²) in [5.74, 6) is 0. The number of nitrogens with one attached hydrogen (secondary N) is 1. The molecule has 6 heteroatoms. The number of hydrogen-bond donors (Lipinski definition) is 2. The van der Waals surface area contributed by atoms with Crippen LogP contribution in [0.25, 0.3) is 0 Å². The predicted octanol–water partition coefficient (Wildman–Crippen LogP) is 0.249. The van der Waals surface area contributed by atoms with E-state index in [1.54, 1.807) is 12.1 Å². The molecule has 17 heavy (non-hydrogen) atoms. The van der Waals surface area contributed by atoms with Crippen molar-refractivity contribution >= 4 is 10.0 Å². The molecule has 0 unspecified atom stereocenters. The summed E-state index contributed by atoms with van der Waals surface area (Å²) in [6.45, 7) is 5.72. The number of sulfonamides is 1. The van der Waals surface area contributed by atoms with Crippen LogP contribution in [0.5, 0.6) is 0 Å². The maximum atomic E-state index is 10.7. The number of nitrogens with two attached hydrogens (primary N) is 1. The van der Waals surface area contributed by atoms with Gasteiger partial charge in [-0.05, 0) is 19.1 Å². The van der Waals surface area contributed by atoms with Gasteiger partial charge in [0.1, 0.15) is 0 Å². The fourth-order valence-corrected chi connectivity index (χ4v) is 1.76. The van der Waals surface area contributed by atoms with Crippen LogP contribution >= 0.6 is 0 Å². The van der Waals surface area contributed by atoms with Crippen molar-refractivity contribution in [2.45, 2.75) is 11.8 Å². The van der Waals surface area contributed by atoms with Gasteiger partial charge in [-0.1, -0.05) is 17.7 Å². The van der Waals surface area contributed by atoms with Crippen molar-refractivity contribution in [3.63, 3.8) is 0 Å². The highest BCUT2D eigenvalue weighted by Crippen LogP contribution is 2.06. The Labute approximate surface area is 102 Å². The highest BCUT2D eigenvalue weighted by atomic mass is 32.2. The molecule has 1 fully saturated rings. The molecule has 5 nitrogen and oxygen atoms in total. The van der Waals surface area contributed by atoms with E-state index >= 15 is 0 Å². The molecular formula is C11H18N2O3S. The molecular weight excluding hydrogens is 240 g/mol. The molecule has 2 rings (SSSR count). The van der Waals surface area contributed by atoms with Crippen molar-refractivity contribution < 1.29 is 13.2 Å². The van der Waals surface area contributed by atoms with Crippen LogP contribution in [-0.2, 0) is 14.8 Å². The molecule has 1 aliphatic rings. The van der Waals surface area contributed by atoms with Gasteiger partial charge >= 0.3 is 0 Å². The minimum absolute atomic E-state index is 0.156. The Morgan fingerprint density at radius 3 is 2.00 bits per heavy atom. The average Bonchev–Trinajstić information content (AvgIpc) is 2.31. The first-order chi connectivity index (χ1) is 8.00. The monoisotopic (exact) mass is 258 g/mol. The molecule has 0 amide bonds. The zero-order chi connectivity index (χ0) is 12.7. The molecule has 0 aliphatic carbocycles. The van der Waals surface area contributed by atoms with Gasteiger partial charge < -0.3 is 10.1 Å².